The van der Waals surface area contributed by atoms with E-state index >= 15 is 0 Å². The Kier molecular flexibility index (Phi) is 4.46. The van der Waals surface area contributed by atoms with Crippen molar-refractivity contribution in [2.45, 2.75) is 19.4 Å². The van der Waals surface area contributed by atoms with Gasteiger partial charge in [-0.25, -0.2) is 9.18 Å². The van der Waals surface area contributed by atoms with E-state index in [2.05, 4.69) is 9.68 Å². The van der Waals surface area contributed by atoms with E-state index in [9.17, 15) is 9.18 Å². The summed E-state index contributed by atoms with van der Waals surface area (Å²) in [5.74, 6) is -0.234. The summed E-state index contributed by atoms with van der Waals surface area (Å²) in [6.45, 7) is 1.06. The topological polar surface area (TPSA) is 57.3 Å². The Morgan fingerprint density at radius 2 is 2.11 bits per heavy atom. The molecule has 0 saturated heterocycles. The van der Waals surface area contributed by atoms with Crippen LogP contribution in [0.1, 0.15) is 17.8 Å². The van der Waals surface area contributed by atoms with Crippen LogP contribution >= 0.6 is 0 Å². The molecule has 1 heterocycles. The van der Waals surface area contributed by atoms with Crippen molar-refractivity contribution in [3.8, 4) is 0 Å². The molecule has 0 fully saturated rings. The first-order chi connectivity index (χ1) is 9.20. The van der Waals surface area contributed by atoms with E-state index in [1.807, 2.05) is 0 Å². The van der Waals surface area contributed by atoms with Gasteiger partial charge in [-0.2, -0.15) is 0 Å². The monoisotopic (exact) mass is 266 g/mol. The maximum absolute atomic E-state index is 12.8. The highest BCUT2D eigenvalue weighted by atomic mass is 19.1. The summed E-state index contributed by atoms with van der Waals surface area (Å²) < 4.78 is 23.9. The summed E-state index contributed by atoms with van der Waals surface area (Å²) in [7, 11) is 1.61. The molecule has 5 nitrogen and oxygen atoms in total. The molecule has 0 radical (unpaired) electrons. The molecule has 6 heteroatoms. The first-order valence-corrected chi connectivity index (χ1v) is 5.99. The fourth-order valence-corrected chi connectivity index (χ4v) is 1.80. The molecule has 2 aromatic rings. The number of hydrogen-bond donors (Lipinski definition) is 0. The zero-order valence-electron chi connectivity index (χ0n) is 10.6. The summed E-state index contributed by atoms with van der Waals surface area (Å²) in [6.07, 6.45) is 1.13. The lowest BCUT2D eigenvalue weighted by Crippen LogP contribution is -2.18. The van der Waals surface area contributed by atoms with Gasteiger partial charge in [0.15, 0.2) is 5.82 Å². The zero-order chi connectivity index (χ0) is 13.7. The van der Waals surface area contributed by atoms with Crippen molar-refractivity contribution in [2.75, 3.05) is 13.7 Å². The summed E-state index contributed by atoms with van der Waals surface area (Å²) in [6, 6.07) is 6.08. The largest absolute Gasteiger partial charge is 0.441 e. The molecule has 1 aromatic carbocycles. The van der Waals surface area contributed by atoms with Crippen LogP contribution in [0.3, 0.4) is 0 Å². The van der Waals surface area contributed by atoms with Gasteiger partial charge >= 0.3 is 5.76 Å². The van der Waals surface area contributed by atoms with E-state index in [-0.39, 0.29) is 5.82 Å². The fraction of sp³-hybridized carbons (Fsp3) is 0.385. The van der Waals surface area contributed by atoms with Gasteiger partial charge in [0.25, 0.3) is 0 Å². The Morgan fingerprint density at radius 3 is 2.79 bits per heavy atom. The van der Waals surface area contributed by atoms with Gasteiger partial charge in [0.05, 0.1) is 0 Å². The molecule has 0 saturated carbocycles. The summed E-state index contributed by atoms with van der Waals surface area (Å²) in [5, 5.41) is 3.75. The minimum absolute atomic E-state index is 0.290. The first-order valence-electron chi connectivity index (χ1n) is 5.99. The smallest absolute Gasteiger partial charge is 0.385 e. The number of nitrogens with zero attached hydrogens (tertiary/aromatic N) is 2. The quantitative estimate of drug-likeness (QED) is 0.745. The van der Waals surface area contributed by atoms with Crippen molar-refractivity contribution >= 4 is 0 Å². The standard InChI is InChI=1S/C13H15FN2O3/c1-18-8-2-7-16-12(15-19-13(16)17)9-10-3-5-11(14)6-4-10/h3-6H,2,7-9H2,1H3. The maximum Gasteiger partial charge on any atom is 0.441 e. The molecule has 102 valence electrons. The molecule has 0 N–H and O–H groups in total. The van der Waals surface area contributed by atoms with Crippen molar-refractivity contribution in [1.29, 1.82) is 0 Å². The van der Waals surface area contributed by atoms with Crippen LogP contribution in [-0.2, 0) is 17.7 Å². The minimum Gasteiger partial charge on any atom is -0.385 e. The van der Waals surface area contributed by atoms with Gasteiger partial charge in [0, 0.05) is 26.7 Å². The van der Waals surface area contributed by atoms with Crippen LogP contribution in [0.4, 0.5) is 4.39 Å². The number of halogens is 1. The van der Waals surface area contributed by atoms with Crippen LogP contribution in [0.15, 0.2) is 33.6 Å². The molecule has 0 atom stereocenters. The number of methoxy groups -OCH3 is 1. The van der Waals surface area contributed by atoms with Crippen LogP contribution in [0, 0.1) is 5.82 Å². The molecule has 0 spiro atoms. The van der Waals surface area contributed by atoms with Crippen molar-refractivity contribution in [1.82, 2.24) is 9.72 Å². The van der Waals surface area contributed by atoms with Crippen LogP contribution in [0.25, 0.3) is 0 Å². The van der Waals surface area contributed by atoms with Gasteiger partial charge in [-0.05, 0) is 24.1 Å². The highest BCUT2D eigenvalue weighted by Crippen LogP contribution is 2.08. The van der Waals surface area contributed by atoms with Crippen molar-refractivity contribution in [2.24, 2.45) is 0 Å². The SMILES string of the molecule is COCCCn1c(Cc2ccc(F)cc2)noc1=O. The van der Waals surface area contributed by atoms with E-state index in [0.29, 0.717) is 31.8 Å². The molecule has 2 rings (SSSR count). The number of hydrogen-bond acceptors (Lipinski definition) is 4. The van der Waals surface area contributed by atoms with E-state index < -0.39 is 5.76 Å². The van der Waals surface area contributed by atoms with Crippen LogP contribution in [0.5, 0.6) is 0 Å². The lowest BCUT2D eigenvalue weighted by Gasteiger charge is -2.04. The molecule has 0 aliphatic carbocycles. The Morgan fingerprint density at radius 1 is 1.37 bits per heavy atom. The molecular weight excluding hydrogens is 251 g/mol. The summed E-state index contributed by atoms with van der Waals surface area (Å²) in [5.41, 5.74) is 0.871. The van der Waals surface area contributed by atoms with Gasteiger partial charge in [-0.15, -0.1) is 0 Å². The molecule has 19 heavy (non-hydrogen) atoms. The fourth-order valence-electron chi connectivity index (χ4n) is 1.80. The molecule has 0 bridgehead atoms. The van der Waals surface area contributed by atoms with E-state index in [1.165, 1.54) is 16.7 Å². The molecule has 0 unspecified atom stereocenters. The van der Waals surface area contributed by atoms with Crippen LogP contribution in [0.2, 0.25) is 0 Å². The number of rotatable bonds is 6. The van der Waals surface area contributed by atoms with Crippen molar-refractivity contribution in [3.63, 3.8) is 0 Å². The highest BCUT2D eigenvalue weighted by molar-refractivity contribution is 5.19. The predicted octanol–water partition coefficient (Wildman–Crippen LogP) is 1.60. The van der Waals surface area contributed by atoms with E-state index in [1.54, 1.807) is 19.2 Å². The number of aromatic nitrogens is 2. The first kappa shape index (κ1) is 13.5. The minimum atomic E-state index is -0.479. The Hall–Kier alpha value is -1.95. The number of ether oxygens (including phenoxy) is 1. The second-order valence-electron chi connectivity index (χ2n) is 4.17. The molecule has 0 aliphatic heterocycles. The van der Waals surface area contributed by atoms with Gasteiger partial charge in [0.2, 0.25) is 0 Å². The Bertz CT molecular complexity index is 574. The third kappa shape index (κ3) is 3.51. The lowest BCUT2D eigenvalue weighted by atomic mass is 10.1. The summed E-state index contributed by atoms with van der Waals surface area (Å²) >= 11 is 0. The van der Waals surface area contributed by atoms with Gasteiger partial charge < -0.3 is 4.74 Å². The zero-order valence-corrected chi connectivity index (χ0v) is 10.6. The third-order valence-corrected chi connectivity index (χ3v) is 2.77. The number of benzene rings is 1. The van der Waals surface area contributed by atoms with E-state index in [4.69, 9.17) is 4.74 Å². The van der Waals surface area contributed by atoms with Gasteiger partial charge in [0.1, 0.15) is 5.82 Å². The van der Waals surface area contributed by atoms with Crippen molar-refractivity contribution in [3.05, 3.63) is 52.0 Å². The van der Waals surface area contributed by atoms with Gasteiger partial charge in [-0.1, -0.05) is 17.3 Å². The average Bonchev–Trinajstić information content (AvgIpc) is 2.74. The van der Waals surface area contributed by atoms with E-state index in [0.717, 1.165) is 5.56 Å². The normalized spacial score (nSPS) is 10.8. The summed E-state index contributed by atoms with van der Waals surface area (Å²) in [4.78, 5) is 11.5. The Labute approximate surface area is 109 Å². The molecule has 0 aliphatic rings. The Balaban J connectivity index is 2.11. The second kappa shape index (κ2) is 6.29. The van der Waals surface area contributed by atoms with Crippen LogP contribution in [-0.4, -0.2) is 23.4 Å². The molecule has 0 amide bonds. The maximum atomic E-state index is 12.8. The lowest BCUT2D eigenvalue weighted by molar-refractivity contribution is 0.189. The molecule has 1 aromatic heterocycles. The second-order valence-corrected chi connectivity index (χ2v) is 4.17. The highest BCUT2D eigenvalue weighted by Gasteiger charge is 2.10. The van der Waals surface area contributed by atoms with Crippen molar-refractivity contribution < 1.29 is 13.7 Å². The van der Waals surface area contributed by atoms with Crippen LogP contribution < -0.4 is 5.76 Å². The average molecular weight is 266 g/mol. The molecular formula is C13H15FN2O3. The third-order valence-electron chi connectivity index (χ3n) is 2.77. The predicted molar refractivity (Wildman–Crippen MR) is 66.5 cm³/mol. The van der Waals surface area contributed by atoms with Gasteiger partial charge in [-0.3, -0.25) is 9.09 Å².